The smallest absolute Gasteiger partial charge is 0.573 e. The first kappa shape index (κ1) is 21.0. The summed E-state index contributed by atoms with van der Waals surface area (Å²) in [6, 6.07) is 2.83. The second-order valence-electron chi connectivity index (χ2n) is 5.82. The average molecular weight is 385 g/mol. The van der Waals surface area contributed by atoms with Crippen molar-refractivity contribution in [3.63, 3.8) is 0 Å². The highest BCUT2D eigenvalue weighted by Gasteiger charge is 2.33. The molecule has 0 fully saturated rings. The number of halogens is 3. The minimum atomic E-state index is -4.96. The van der Waals surface area contributed by atoms with Crippen LogP contribution in [0.2, 0.25) is 0 Å². The third-order valence-electron chi connectivity index (χ3n) is 2.39. The molecule has 0 spiro atoms. The molecule has 0 bridgehead atoms. The number of benzene rings is 1. The molecule has 1 aromatic rings. The van der Waals surface area contributed by atoms with Gasteiger partial charge < -0.3 is 18.8 Å². The molecule has 0 unspecified atom stereocenters. The second-order valence-corrected chi connectivity index (χ2v) is 7.35. The van der Waals surface area contributed by atoms with Crippen LogP contribution in [-0.4, -0.2) is 43.3 Å². The number of hydrogen-bond donors (Lipinski definition) is 0. The summed E-state index contributed by atoms with van der Waals surface area (Å²) in [5, 5.41) is 0. The van der Waals surface area contributed by atoms with E-state index in [9.17, 15) is 30.9 Å². The Kier molecular flexibility index (Phi) is 6.29. The lowest BCUT2D eigenvalue weighted by molar-refractivity contribution is -0.275. The first-order valence-electron chi connectivity index (χ1n) is 6.86. The van der Waals surface area contributed by atoms with Gasteiger partial charge in [0, 0.05) is 0 Å². The van der Waals surface area contributed by atoms with E-state index in [1.165, 1.54) is 0 Å². The molecule has 142 valence electrons. The van der Waals surface area contributed by atoms with Gasteiger partial charge in [-0.25, -0.2) is 13.2 Å². The van der Waals surface area contributed by atoms with Crippen LogP contribution in [0.5, 0.6) is 11.5 Å². The molecule has 0 atom stereocenters. The molecule has 0 aromatic heterocycles. The molecule has 25 heavy (non-hydrogen) atoms. The number of rotatable bonds is 6. The first-order chi connectivity index (χ1) is 11.2. The van der Waals surface area contributed by atoms with E-state index in [1.54, 1.807) is 20.8 Å². The fourth-order valence-electron chi connectivity index (χ4n) is 1.57. The Morgan fingerprint density at radius 3 is 2.20 bits per heavy atom. The highest BCUT2D eigenvalue weighted by Crippen LogP contribution is 2.35. The largest absolute Gasteiger partial charge is 0.748 e. The number of alkyl halides is 3. The Hall–Kier alpha value is -2.01. The lowest BCUT2D eigenvalue weighted by Crippen LogP contribution is -2.25. The molecular formula is C14H16F3O7S-. The summed E-state index contributed by atoms with van der Waals surface area (Å²) in [7, 11) is -4.56. The van der Waals surface area contributed by atoms with Crippen molar-refractivity contribution in [2.24, 2.45) is 0 Å². The van der Waals surface area contributed by atoms with Crippen molar-refractivity contribution in [3.8, 4) is 11.5 Å². The molecule has 0 aliphatic carbocycles. The van der Waals surface area contributed by atoms with Crippen LogP contribution in [0, 0.1) is 0 Å². The Morgan fingerprint density at radius 1 is 1.12 bits per heavy atom. The van der Waals surface area contributed by atoms with Crippen molar-refractivity contribution in [2.75, 3.05) is 12.4 Å². The van der Waals surface area contributed by atoms with E-state index in [0.717, 1.165) is 18.2 Å². The summed E-state index contributed by atoms with van der Waals surface area (Å²) in [5.74, 6) is -2.95. The predicted molar refractivity (Wildman–Crippen MR) is 78.4 cm³/mol. The molecule has 11 heteroatoms. The van der Waals surface area contributed by atoms with Crippen molar-refractivity contribution in [2.45, 2.75) is 32.7 Å². The number of esters is 1. The topological polar surface area (TPSA) is 102 Å². The van der Waals surface area contributed by atoms with E-state index in [1.807, 2.05) is 0 Å². The normalized spacial score (nSPS) is 12.6. The predicted octanol–water partition coefficient (Wildman–Crippen LogP) is 2.46. The van der Waals surface area contributed by atoms with Crippen LogP contribution in [0.15, 0.2) is 18.2 Å². The lowest BCUT2D eigenvalue weighted by atomic mass is 10.1. The van der Waals surface area contributed by atoms with Gasteiger partial charge in [0.1, 0.15) is 12.2 Å². The highest BCUT2D eigenvalue weighted by atomic mass is 32.2. The summed E-state index contributed by atoms with van der Waals surface area (Å²) >= 11 is 0. The monoisotopic (exact) mass is 385 g/mol. The lowest BCUT2D eigenvalue weighted by Gasteiger charge is -2.23. The first-order valence-corrected chi connectivity index (χ1v) is 8.43. The van der Waals surface area contributed by atoms with Crippen LogP contribution in [0.3, 0.4) is 0 Å². The van der Waals surface area contributed by atoms with Gasteiger partial charge in [0.15, 0.2) is 11.5 Å². The van der Waals surface area contributed by atoms with Gasteiger partial charge >= 0.3 is 12.3 Å². The van der Waals surface area contributed by atoms with Gasteiger partial charge in [-0.3, -0.25) is 0 Å². The van der Waals surface area contributed by atoms with Gasteiger partial charge in [-0.15, -0.1) is 13.2 Å². The summed E-state index contributed by atoms with van der Waals surface area (Å²) in [4.78, 5) is 11.8. The second kappa shape index (κ2) is 7.48. The van der Waals surface area contributed by atoms with Gasteiger partial charge in [-0.1, -0.05) is 0 Å². The molecule has 7 nitrogen and oxygen atoms in total. The molecule has 0 N–H and O–H groups in total. The third-order valence-corrected chi connectivity index (χ3v) is 3.05. The maximum atomic E-state index is 12.4. The molecular weight excluding hydrogens is 369 g/mol. The Balaban J connectivity index is 3.02. The summed E-state index contributed by atoms with van der Waals surface area (Å²) < 4.78 is 82.4. The molecule has 1 rings (SSSR count). The number of hydrogen-bond acceptors (Lipinski definition) is 7. The third kappa shape index (κ3) is 8.59. The number of carbonyl (C=O) groups is 1. The van der Waals surface area contributed by atoms with Crippen molar-refractivity contribution >= 4 is 16.1 Å². The quantitative estimate of drug-likeness (QED) is 0.547. The number of ether oxygens (including phenoxy) is 3. The van der Waals surface area contributed by atoms with Crippen LogP contribution < -0.4 is 9.47 Å². The van der Waals surface area contributed by atoms with E-state index in [4.69, 9.17) is 4.74 Å². The minimum absolute atomic E-state index is 0.197. The van der Waals surface area contributed by atoms with Gasteiger partial charge in [0.25, 0.3) is 0 Å². The van der Waals surface area contributed by atoms with Crippen molar-refractivity contribution < 1.29 is 45.1 Å². The molecule has 0 saturated heterocycles. The van der Waals surface area contributed by atoms with E-state index in [2.05, 4.69) is 9.47 Å². The van der Waals surface area contributed by atoms with Crippen LogP contribution in [0.25, 0.3) is 0 Å². The molecule has 0 saturated carbocycles. The Morgan fingerprint density at radius 2 is 1.72 bits per heavy atom. The standard InChI is InChI=1S/C14H17F3O7S/c1-13(2,3)23-11-8-9(4-5-10(11)24-14(15,16)17)12(18)22-6-7-25(19,20)21/h4-5,8H,6-7H2,1-3H3,(H,19,20,21)/p-1. The van der Waals surface area contributed by atoms with E-state index in [-0.39, 0.29) is 11.3 Å². The molecule has 0 aliphatic rings. The summed E-state index contributed by atoms with van der Waals surface area (Å²) in [6.45, 7) is 4.05. The van der Waals surface area contributed by atoms with Gasteiger partial charge in [-0.2, -0.15) is 0 Å². The molecule has 0 amide bonds. The zero-order valence-corrected chi connectivity index (χ0v) is 14.4. The molecule has 0 radical (unpaired) electrons. The van der Waals surface area contributed by atoms with E-state index < -0.39 is 46.2 Å². The Labute approximate surface area is 142 Å². The minimum Gasteiger partial charge on any atom is -0.748 e. The van der Waals surface area contributed by atoms with Crippen molar-refractivity contribution in [3.05, 3.63) is 23.8 Å². The average Bonchev–Trinajstić information content (AvgIpc) is 2.35. The van der Waals surface area contributed by atoms with Crippen LogP contribution in [0.4, 0.5) is 13.2 Å². The summed E-state index contributed by atoms with van der Waals surface area (Å²) in [6.07, 6.45) is -4.96. The van der Waals surface area contributed by atoms with Crippen molar-refractivity contribution in [1.29, 1.82) is 0 Å². The zero-order chi connectivity index (χ0) is 19.5. The van der Waals surface area contributed by atoms with Gasteiger partial charge in [0.05, 0.1) is 21.4 Å². The van der Waals surface area contributed by atoms with E-state index >= 15 is 0 Å². The van der Waals surface area contributed by atoms with Crippen molar-refractivity contribution in [1.82, 2.24) is 0 Å². The van der Waals surface area contributed by atoms with Crippen LogP contribution in [-0.2, 0) is 14.9 Å². The highest BCUT2D eigenvalue weighted by molar-refractivity contribution is 7.85. The van der Waals surface area contributed by atoms with E-state index in [0.29, 0.717) is 0 Å². The molecule has 0 heterocycles. The van der Waals surface area contributed by atoms with Crippen LogP contribution >= 0.6 is 0 Å². The number of carbonyl (C=O) groups excluding carboxylic acids is 1. The molecule has 1 aromatic carbocycles. The maximum Gasteiger partial charge on any atom is 0.573 e. The van der Waals surface area contributed by atoms with Gasteiger partial charge in [-0.05, 0) is 39.0 Å². The maximum absolute atomic E-state index is 12.4. The zero-order valence-electron chi connectivity index (χ0n) is 13.5. The Bertz CT molecular complexity index is 721. The molecule has 0 aliphatic heterocycles. The van der Waals surface area contributed by atoms with Crippen LogP contribution in [0.1, 0.15) is 31.1 Å². The SMILES string of the molecule is CC(C)(C)Oc1cc(C(=O)OCCS(=O)(=O)[O-])ccc1OC(F)(F)F. The fourth-order valence-corrected chi connectivity index (χ4v) is 1.86. The fraction of sp³-hybridized carbons (Fsp3) is 0.500. The van der Waals surface area contributed by atoms with Gasteiger partial charge in [0.2, 0.25) is 0 Å². The summed E-state index contributed by atoms with van der Waals surface area (Å²) in [5.41, 5.74) is -1.08.